The molecule has 2 aromatic carbocycles. The summed E-state index contributed by atoms with van der Waals surface area (Å²) in [7, 11) is -2.12. The lowest BCUT2D eigenvalue weighted by atomic mass is 10.1. The minimum atomic E-state index is -3.70. The van der Waals surface area contributed by atoms with E-state index in [1.165, 1.54) is 41.4 Å². The quantitative estimate of drug-likeness (QED) is 0.180. The highest BCUT2D eigenvalue weighted by atomic mass is 32.2. The third-order valence-corrected chi connectivity index (χ3v) is 7.54. The van der Waals surface area contributed by atoms with Crippen LogP contribution < -0.4 is 14.8 Å². The number of methoxy groups -OCH3 is 1. The van der Waals surface area contributed by atoms with E-state index in [-0.39, 0.29) is 16.4 Å². The number of nitrogens with zero attached hydrogens (tertiary/aromatic N) is 3. The highest BCUT2D eigenvalue weighted by Crippen LogP contribution is 2.23. The number of ketones is 1. The van der Waals surface area contributed by atoms with Crippen molar-refractivity contribution in [2.75, 3.05) is 22.9 Å². The third kappa shape index (κ3) is 6.10. The molecule has 4 rings (SSSR count). The lowest BCUT2D eigenvalue weighted by Gasteiger charge is -2.09. The lowest BCUT2D eigenvalue weighted by molar-refractivity contribution is 0.102. The predicted molar refractivity (Wildman–Crippen MR) is 133 cm³/mol. The van der Waals surface area contributed by atoms with E-state index in [2.05, 4.69) is 25.0 Å². The smallest absolute Gasteiger partial charge is 0.262 e. The third-order valence-electron chi connectivity index (χ3n) is 4.48. The maximum Gasteiger partial charge on any atom is 0.262 e. The van der Waals surface area contributed by atoms with Gasteiger partial charge in [-0.05, 0) is 54.6 Å². The van der Waals surface area contributed by atoms with E-state index in [1.807, 2.05) is 0 Å². The summed E-state index contributed by atoms with van der Waals surface area (Å²) in [6.07, 6.45) is 3.04. The molecule has 0 saturated carbocycles. The van der Waals surface area contributed by atoms with Crippen molar-refractivity contribution in [1.29, 1.82) is 0 Å². The molecule has 2 N–H and O–H groups in total. The molecule has 9 nitrogen and oxygen atoms in total. The predicted octanol–water partition coefficient (Wildman–Crippen LogP) is 4.46. The molecule has 174 valence electrons. The van der Waals surface area contributed by atoms with Gasteiger partial charge in [-0.2, -0.15) is 0 Å². The molecule has 12 heteroatoms. The zero-order valence-corrected chi connectivity index (χ0v) is 20.3. The number of nitrogens with one attached hydrogen (secondary N) is 2. The van der Waals surface area contributed by atoms with Crippen molar-refractivity contribution in [2.45, 2.75) is 10.1 Å². The Labute approximate surface area is 204 Å². The van der Waals surface area contributed by atoms with E-state index in [0.717, 1.165) is 0 Å². The minimum absolute atomic E-state index is 0.0432. The molecule has 0 aliphatic carbocycles. The number of sulfonamides is 1. The number of rotatable bonds is 10. The van der Waals surface area contributed by atoms with Crippen molar-refractivity contribution < 1.29 is 17.9 Å². The number of aromatic nitrogens is 3. The van der Waals surface area contributed by atoms with Crippen LogP contribution in [0.1, 0.15) is 10.4 Å². The van der Waals surface area contributed by atoms with Gasteiger partial charge in [0.15, 0.2) is 10.9 Å². The number of thioether (sulfide) groups is 1. The molecule has 0 aliphatic rings. The normalized spacial score (nSPS) is 11.1. The zero-order valence-electron chi connectivity index (χ0n) is 17.8. The van der Waals surface area contributed by atoms with E-state index < -0.39 is 10.0 Å². The molecule has 0 amide bonds. The van der Waals surface area contributed by atoms with E-state index in [1.54, 1.807) is 61.3 Å². The number of ether oxygens (including phenoxy) is 1. The van der Waals surface area contributed by atoms with Gasteiger partial charge in [-0.3, -0.25) is 14.5 Å². The van der Waals surface area contributed by atoms with E-state index in [0.29, 0.717) is 33.0 Å². The number of hydrogen-bond acceptors (Lipinski definition) is 10. The summed E-state index contributed by atoms with van der Waals surface area (Å²) >= 11 is 2.43. The Kier molecular flexibility index (Phi) is 7.40. The van der Waals surface area contributed by atoms with Crippen molar-refractivity contribution in [3.05, 3.63) is 78.1 Å². The Morgan fingerprint density at radius 1 is 1.09 bits per heavy atom. The van der Waals surface area contributed by atoms with Crippen LogP contribution in [0.4, 0.5) is 16.5 Å². The first-order valence-electron chi connectivity index (χ1n) is 9.84. The molecule has 2 heterocycles. The Balaban J connectivity index is 1.36. The van der Waals surface area contributed by atoms with Crippen LogP contribution in [-0.4, -0.2) is 42.0 Å². The van der Waals surface area contributed by atoms with E-state index >= 15 is 0 Å². The number of hydrogen-bond donors (Lipinski definition) is 2. The fourth-order valence-electron chi connectivity index (χ4n) is 2.79. The first kappa shape index (κ1) is 23.7. The topological polar surface area (TPSA) is 123 Å². The fourth-order valence-corrected chi connectivity index (χ4v) is 5.33. The summed E-state index contributed by atoms with van der Waals surface area (Å²) in [6.45, 7) is 0. The van der Waals surface area contributed by atoms with Crippen molar-refractivity contribution >= 4 is 55.4 Å². The van der Waals surface area contributed by atoms with Crippen molar-refractivity contribution in [2.24, 2.45) is 0 Å². The number of Topliss-reactive ketones (excluding diaryl/α,β-unsaturated/α-hetero) is 1. The van der Waals surface area contributed by atoms with Crippen LogP contribution in [0.3, 0.4) is 0 Å². The highest BCUT2D eigenvalue weighted by molar-refractivity contribution is 7.99. The zero-order chi connectivity index (χ0) is 24.0. The minimum Gasteiger partial charge on any atom is -0.497 e. The van der Waals surface area contributed by atoms with Gasteiger partial charge in [0.1, 0.15) is 16.6 Å². The van der Waals surface area contributed by atoms with E-state index in [4.69, 9.17) is 4.74 Å². The van der Waals surface area contributed by atoms with Gasteiger partial charge in [0.05, 0.1) is 29.5 Å². The van der Waals surface area contributed by atoms with Crippen molar-refractivity contribution in [3.63, 3.8) is 0 Å². The Hall–Kier alpha value is -3.48. The second-order valence-corrected chi connectivity index (χ2v) is 10.3. The molecule has 2 aromatic heterocycles. The van der Waals surface area contributed by atoms with Crippen LogP contribution in [0.25, 0.3) is 0 Å². The highest BCUT2D eigenvalue weighted by Gasteiger charge is 2.15. The van der Waals surface area contributed by atoms with Crippen LogP contribution in [0.2, 0.25) is 0 Å². The molecule has 4 aromatic rings. The average molecular weight is 514 g/mol. The molecule has 0 radical (unpaired) electrons. The molecule has 0 saturated heterocycles. The van der Waals surface area contributed by atoms with Gasteiger partial charge >= 0.3 is 0 Å². The first-order valence-corrected chi connectivity index (χ1v) is 13.2. The van der Waals surface area contributed by atoms with Gasteiger partial charge in [-0.1, -0.05) is 11.8 Å². The number of anilines is 3. The first-order chi connectivity index (χ1) is 16.4. The fraction of sp³-hybridized carbons (Fsp3) is 0.0909. The maximum absolute atomic E-state index is 12.5. The van der Waals surface area contributed by atoms with Crippen LogP contribution in [0.5, 0.6) is 5.75 Å². The van der Waals surface area contributed by atoms with Crippen LogP contribution in [0, 0.1) is 0 Å². The second kappa shape index (κ2) is 10.6. The van der Waals surface area contributed by atoms with Gasteiger partial charge in [-0.25, -0.2) is 18.4 Å². The van der Waals surface area contributed by atoms with E-state index in [9.17, 15) is 13.2 Å². The lowest BCUT2D eigenvalue weighted by Crippen LogP contribution is -2.12. The molecule has 0 bridgehead atoms. The summed E-state index contributed by atoms with van der Waals surface area (Å²) in [4.78, 5) is 25.0. The summed E-state index contributed by atoms with van der Waals surface area (Å²) in [5.74, 6) is 1.36. The molecule has 0 spiro atoms. The van der Waals surface area contributed by atoms with Crippen LogP contribution >= 0.6 is 23.1 Å². The average Bonchev–Trinajstić information content (AvgIpc) is 3.35. The van der Waals surface area contributed by atoms with Gasteiger partial charge in [0, 0.05) is 17.4 Å². The summed E-state index contributed by atoms with van der Waals surface area (Å²) < 4.78 is 32.5. The molecule has 0 atom stereocenters. The van der Waals surface area contributed by atoms with Gasteiger partial charge in [0.25, 0.3) is 10.0 Å². The van der Waals surface area contributed by atoms with Gasteiger partial charge in [0.2, 0.25) is 0 Å². The van der Waals surface area contributed by atoms with Crippen molar-refractivity contribution in [1.82, 2.24) is 15.0 Å². The van der Waals surface area contributed by atoms with Crippen LogP contribution in [0.15, 0.2) is 82.6 Å². The number of benzene rings is 2. The molecular weight excluding hydrogens is 494 g/mol. The second-order valence-electron chi connectivity index (χ2n) is 6.79. The maximum atomic E-state index is 12.5. The summed E-state index contributed by atoms with van der Waals surface area (Å²) in [5.41, 5.74) is 2.79. The van der Waals surface area contributed by atoms with Gasteiger partial charge in [-0.15, -0.1) is 11.3 Å². The standard InChI is InChI=1S/C22H19N5O4S3/c1-31-17-6-2-15(3-7-17)19(28)13-32-22-24-11-10-20(26-22)25-16-4-8-18(9-5-16)34(29,30)27-21-12-23-14-33-21/h2-12,14,27H,13H2,1H3,(H,24,25,26). The summed E-state index contributed by atoms with van der Waals surface area (Å²) in [6, 6.07) is 14.9. The van der Waals surface area contributed by atoms with Gasteiger partial charge < -0.3 is 10.1 Å². The number of thiazole rings is 1. The molecule has 0 aliphatic heterocycles. The molecule has 0 fully saturated rings. The molecule has 34 heavy (non-hydrogen) atoms. The Morgan fingerprint density at radius 2 is 1.85 bits per heavy atom. The Bertz CT molecular complexity index is 1360. The molecular formula is C22H19N5O4S3. The number of carbonyl (C=O) groups is 1. The van der Waals surface area contributed by atoms with Crippen molar-refractivity contribution in [3.8, 4) is 5.75 Å². The van der Waals surface area contributed by atoms with Crippen LogP contribution in [-0.2, 0) is 10.0 Å². The number of carbonyl (C=O) groups excluding carboxylic acids is 1. The largest absolute Gasteiger partial charge is 0.497 e. The molecule has 0 unspecified atom stereocenters. The summed E-state index contributed by atoms with van der Waals surface area (Å²) in [5, 5.41) is 4.00. The monoisotopic (exact) mass is 513 g/mol. The SMILES string of the molecule is COc1ccc(C(=O)CSc2nccc(Nc3ccc(S(=O)(=O)Nc4cncs4)cc3)n2)cc1. The Morgan fingerprint density at radius 3 is 2.53 bits per heavy atom.